The van der Waals surface area contributed by atoms with E-state index in [1.165, 1.54) is 17.9 Å². The van der Waals surface area contributed by atoms with Gasteiger partial charge in [0, 0.05) is 20.5 Å². The van der Waals surface area contributed by atoms with Crippen molar-refractivity contribution >= 4 is 23.9 Å². The number of alkyl carbamates (subject to hydrolysis) is 1. The van der Waals surface area contributed by atoms with E-state index in [-0.39, 0.29) is 5.76 Å². The van der Waals surface area contributed by atoms with Gasteiger partial charge in [0.05, 0.1) is 12.1 Å². The summed E-state index contributed by atoms with van der Waals surface area (Å²) in [5.74, 6) is -2.08. The average molecular weight is 628 g/mol. The molecule has 1 heterocycles. The summed E-state index contributed by atoms with van der Waals surface area (Å²) in [6.07, 6.45) is -1.04. The fourth-order valence-electron chi connectivity index (χ4n) is 5.02. The molecule has 0 bridgehead atoms. The molecule has 0 radical (unpaired) electrons. The SMILES string of the molecule is CC(=O)N[C@@H]1[C@@H](NC(=O)OC(C)(C)C)C=C(C(=O)OC(c2ccccc2)c2ccccc2)O[C@H]1C(=O)N(C)CCc1ccccc1. The zero-order chi connectivity index (χ0) is 33.3. The highest BCUT2D eigenvalue weighted by atomic mass is 16.6. The Bertz CT molecular complexity index is 1480. The van der Waals surface area contributed by atoms with Crippen molar-refractivity contribution in [2.24, 2.45) is 0 Å². The number of rotatable bonds is 10. The lowest BCUT2D eigenvalue weighted by atomic mass is 9.96. The van der Waals surface area contributed by atoms with Gasteiger partial charge in [0.2, 0.25) is 11.7 Å². The Morgan fingerprint density at radius 1 is 0.848 bits per heavy atom. The molecule has 3 amide bonds. The van der Waals surface area contributed by atoms with Crippen LogP contribution >= 0.6 is 0 Å². The molecule has 4 rings (SSSR count). The van der Waals surface area contributed by atoms with Crippen LogP contribution in [0.25, 0.3) is 0 Å². The van der Waals surface area contributed by atoms with Gasteiger partial charge in [-0.05, 0) is 50.0 Å². The second kappa shape index (κ2) is 15.2. The van der Waals surface area contributed by atoms with Gasteiger partial charge < -0.3 is 29.7 Å². The summed E-state index contributed by atoms with van der Waals surface area (Å²) < 4.78 is 17.5. The highest BCUT2D eigenvalue weighted by Gasteiger charge is 2.44. The summed E-state index contributed by atoms with van der Waals surface area (Å²) in [5, 5.41) is 5.44. The summed E-state index contributed by atoms with van der Waals surface area (Å²) in [7, 11) is 1.62. The molecule has 0 saturated heterocycles. The minimum atomic E-state index is -1.37. The molecule has 10 heteroatoms. The number of nitrogens with zero attached hydrogens (tertiary/aromatic N) is 1. The normalized spacial score (nSPS) is 17.6. The fraction of sp³-hybridized carbons (Fsp3) is 0.333. The molecule has 0 saturated carbocycles. The summed E-state index contributed by atoms with van der Waals surface area (Å²) in [4.78, 5) is 54.5. The molecule has 1 aliphatic heterocycles. The van der Waals surface area contributed by atoms with Crippen LogP contribution in [0, 0.1) is 0 Å². The molecule has 3 atom stereocenters. The first-order valence-corrected chi connectivity index (χ1v) is 15.2. The van der Waals surface area contributed by atoms with Crippen molar-refractivity contribution in [3.63, 3.8) is 0 Å². The largest absolute Gasteiger partial charge is 0.471 e. The van der Waals surface area contributed by atoms with Crippen molar-refractivity contribution in [3.8, 4) is 0 Å². The minimum absolute atomic E-state index is 0.283. The van der Waals surface area contributed by atoms with E-state index in [2.05, 4.69) is 10.6 Å². The van der Waals surface area contributed by atoms with E-state index in [9.17, 15) is 19.2 Å². The van der Waals surface area contributed by atoms with E-state index in [1.54, 1.807) is 27.8 Å². The topological polar surface area (TPSA) is 123 Å². The van der Waals surface area contributed by atoms with E-state index in [0.29, 0.717) is 13.0 Å². The van der Waals surface area contributed by atoms with Gasteiger partial charge in [-0.15, -0.1) is 0 Å². The van der Waals surface area contributed by atoms with Gasteiger partial charge >= 0.3 is 12.1 Å². The Labute approximate surface area is 269 Å². The number of amides is 3. The quantitative estimate of drug-likeness (QED) is 0.313. The van der Waals surface area contributed by atoms with Crippen LogP contribution in [-0.2, 0) is 35.0 Å². The number of carbonyl (C=O) groups excluding carboxylic acids is 4. The van der Waals surface area contributed by atoms with Gasteiger partial charge in [-0.25, -0.2) is 9.59 Å². The van der Waals surface area contributed by atoms with Gasteiger partial charge in [-0.3, -0.25) is 9.59 Å². The third-order valence-corrected chi connectivity index (χ3v) is 7.18. The Kier molecular flexibility index (Phi) is 11.2. The van der Waals surface area contributed by atoms with Crippen molar-refractivity contribution in [1.82, 2.24) is 15.5 Å². The molecule has 0 fully saturated rings. The highest BCUT2D eigenvalue weighted by Crippen LogP contribution is 2.29. The number of likely N-dealkylation sites (N-methyl/N-ethyl adjacent to an activating group) is 1. The zero-order valence-corrected chi connectivity index (χ0v) is 26.8. The Balaban J connectivity index is 1.66. The van der Waals surface area contributed by atoms with Crippen molar-refractivity contribution in [3.05, 3.63) is 120 Å². The van der Waals surface area contributed by atoms with Crippen LogP contribution in [0.15, 0.2) is 103 Å². The molecule has 0 unspecified atom stereocenters. The summed E-state index contributed by atoms with van der Waals surface area (Å²) in [5.41, 5.74) is 1.67. The van der Waals surface area contributed by atoms with Crippen LogP contribution in [-0.4, -0.2) is 66.2 Å². The number of carbonyl (C=O) groups is 4. The molecule has 242 valence electrons. The van der Waals surface area contributed by atoms with Crippen molar-refractivity contribution in [2.45, 2.75) is 64.0 Å². The van der Waals surface area contributed by atoms with Crippen molar-refractivity contribution in [2.75, 3.05) is 13.6 Å². The molecule has 3 aromatic rings. The van der Waals surface area contributed by atoms with Crippen LogP contribution in [0.3, 0.4) is 0 Å². The number of hydrogen-bond donors (Lipinski definition) is 2. The lowest BCUT2D eigenvalue weighted by Crippen LogP contribution is -2.63. The van der Waals surface area contributed by atoms with Gasteiger partial charge in [-0.1, -0.05) is 91.0 Å². The standard InChI is InChI=1S/C36H41N3O7/c1-24(40)37-30-28(38-35(43)46-36(2,3)4)23-29(44-32(30)33(41)39(5)22-21-25-15-9-6-10-16-25)34(42)45-31(26-17-11-7-12-18-26)27-19-13-8-14-20-27/h6-20,23,28,30-32H,21-22H2,1-5H3,(H,37,40)(H,38,43)/t28-,30+,32+/m0/s1. The van der Waals surface area contributed by atoms with Crippen LogP contribution in [0.5, 0.6) is 0 Å². The van der Waals surface area contributed by atoms with Crippen LogP contribution in [0.1, 0.15) is 50.5 Å². The first-order chi connectivity index (χ1) is 21.9. The minimum Gasteiger partial charge on any atom is -0.471 e. The van der Waals surface area contributed by atoms with Crippen molar-refractivity contribution < 1.29 is 33.4 Å². The number of hydrogen-bond acceptors (Lipinski definition) is 7. The Morgan fingerprint density at radius 3 is 1.91 bits per heavy atom. The number of ether oxygens (including phenoxy) is 3. The predicted molar refractivity (Wildman–Crippen MR) is 172 cm³/mol. The maximum atomic E-state index is 13.9. The zero-order valence-electron chi connectivity index (χ0n) is 26.8. The monoisotopic (exact) mass is 627 g/mol. The molecule has 46 heavy (non-hydrogen) atoms. The third-order valence-electron chi connectivity index (χ3n) is 7.18. The number of nitrogens with one attached hydrogen (secondary N) is 2. The number of benzene rings is 3. The molecule has 2 N–H and O–H groups in total. The smallest absolute Gasteiger partial charge is 0.408 e. The second-order valence-corrected chi connectivity index (χ2v) is 12.1. The average Bonchev–Trinajstić information content (AvgIpc) is 3.03. The number of esters is 1. The maximum Gasteiger partial charge on any atom is 0.408 e. The van der Waals surface area contributed by atoms with E-state index in [4.69, 9.17) is 14.2 Å². The molecule has 10 nitrogen and oxygen atoms in total. The first-order valence-electron chi connectivity index (χ1n) is 15.2. The van der Waals surface area contributed by atoms with Crippen LogP contribution in [0.4, 0.5) is 4.79 Å². The van der Waals surface area contributed by atoms with Gasteiger partial charge in [0.1, 0.15) is 5.60 Å². The molecular weight excluding hydrogens is 586 g/mol. The predicted octanol–water partition coefficient (Wildman–Crippen LogP) is 4.70. The summed E-state index contributed by atoms with van der Waals surface area (Å²) in [6.45, 7) is 6.77. The van der Waals surface area contributed by atoms with E-state index < -0.39 is 53.8 Å². The van der Waals surface area contributed by atoms with E-state index >= 15 is 0 Å². The van der Waals surface area contributed by atoms with Crippen LogP contribution < -0.4 is 10.6 Å². The van der Waals surface area contributed by atoms with Crippen LogP contribution in [0.2, 0.25) is 0 Å². The molecule has 0 aliphatic carbocycles. The van der Waals surface area contributed by atoms with Gasteiger partial charge in [0.25, 0.3) is 5.91 Å². The molecular formula is C36H41N3O7. The van der Waals surface area contributed by atoms with E-state index in [1.807, 2.05) is 91.0 Å². The molecule has 0 aromatic heterocycles. The molecule has 0 spiro atoms. The third kappa shape index (κ3) is 9.44. The lowest BCUT2D eigenvalue weighted by molar-refractivity contribution is -0.154. The van der Waals surface area contributed by atoms with Gasteiger partial charge in [-0.2, -0.15) is 0 Å². The lowest BCUT2D eigenvalue weighted by Gasteiger charge is -2.38. The fourth-order valence-corrected chi connectivity index (χ4v) is 5.02. The molecule has 1 aliphatic rings. The van der Waals surface area contributed by atoms with Crippen molar-refractivity contribution in [1.29, 1.82) is 0 Å². The van der Waals surface area contributed by atoms with Gasteiger partial charge in [0.15, 0.2) is 12.2 Å². The maximum absolute atomic E-state index is 13.9. The summed E-state index contributed by atoms with van der Waals surface area (Å²) in [6, 6.07) is 26.0. The second-order valence-electron chi connectivity index (χ2n) is 12.1. The Hall–Kier alpha value is -5.12. The molecule has 3 aromatic carbocycles. The Morgan fingerprint density at radius 2 is 1.39 bits per heavy atom. The first kappa shape index (κ1) is 33.8. The summed E-state index contributed by atoms with van der Waals surface area (Å²) >= 11 is 0. The highest BCUT2D eigenvalue weighted by molar-refractivity contribution is 5.90. The van der Waals surface area contributed by atoms with E-state index in [0.717, 1.165) is 16.7 Å².